The molecule has 0 fully saturated rings. The molecule has 0 amide bonds. The van der Waals surface area contributed by atoms with Crippen LogP contribution in [0.15, 0.2) is 36.5 Å². The first kappa shape index (κ1) is 10.6. The normalized spacial score (nSPS) is 11.8. The predicted molar refractivity (Wildman–Crippen MR) is 58.1 cm³/mol. The number of benzene rings is 1. The standard InChI is InChI=1S/C9H8N2O4S/c12-11(13)7-16(14,15)10-6-5-8-3-1-2-4-9(8)10/h1-6H,7H2. The molecule has 0 radical (unpaired) electrons. The van der Waals surface area contributed by atoms with Crippen molar-refractivity contribution in [3.8, 4) is 0 Å². The third-order valence-corrected chi connectivity index (χ3v) is 3.59. The fraction of sp³-hybridized carbons (Fsp3) is 0.111. The fourth-order valence-corrected chi connectivity index (χ4v) is 2.60. The first-order chi connectivity index (χ1) is 7.50. The van der Waals surface area contributed by atoms with Crippen LogP contribution in [0.4, 0.5) is 0 Å². The lowest BCUT2D eigenvalue weighted by atomic mass is 10.3. The van der Waals surface area contributed by atoms with E-state index in [9.17, 15) is 18.5 Å². The minimum absolute atomic E-state index is 0.448. The van der Waals surface area contributed by atoms with Gasteiger partial charge in [-0.15, -0.1) is 0 Å². The zero-order valence-corrected chi connectivity index (χ0v) is 8.92. The molecule has 1 heterocycles. The summed E-state index contributed by atoms with van der Waals surface area (Å²) in [7, 11) is -3.93. The van der Waals surface area contributed by atoms with Gasteiger partial charge in [0.15, 0.2) is 0 Å². The van der Waals surface area contributed by atoms with Crippen molar-refractivity contribution in [1.29, 1.82) is 0 Å². The predicted octanol–water partition coefficient (Wildman–Crippen LogP) is 1.05. The van der Waals surface area contributed by atoms with Crippen LogP contribution in [0.3, 0.4) is 0 Å². The Morgan fingerprint density at radius 2 is 1.94 bits per heavy atom. The lowest BCUT2D eigenvalue weighted by Crippen LogP contribution is -2.20. The van der Waals surface area contributed by atoms with E-state index < -0.39 is 20.8 Å². The van der Waals surface area contributed by atoms with Crippen molar-refractivity contribution in [2.45, 2.75) is 0 Å². The molecule has 0 aliphatic carbocycles. The molecular formula is C9H8N2O4S. The summed E-state index contributed by atoms with van der Waals surface area (Å²) < 4.78 is 24.2. The Morgan fingerprint density at radius 1 is 1.25 bits per heavy atom. The Morgan fingerprint density at radius 3 is 2.62 bits per heavy atom. The zero-order valence-electron chi connectivity index (χ0n) is 8.11. The van der Waals surface area contributed by atoms with Crippen LogP contribution < -0.4 is 0 Å². The highest BCUT2D eigenvalue weighted by molar-refractivity contribution is 7.89. The average Bonchev–Trinajstić information content (AvgIpc) is 2.59. The second kappa shape index (κ2) is 3.60. The van der Waals surface area contributed by atoms with Gasteiger partial charge in [0, 0.05) is 16.5 Å². The van der Waals surface area contributed by atoms with Crippen LogP contribution in [0.2, 0.25) is 0 Å². The van der Waals surface area contributed by atoms with E-state index in [1.807, 2.05) is 0 Å². The van der Waals surface area contributed by atoms with E-state index in [4.69, 9.17) is 0 Å². The van der Waals surface area contributed by atoms with Gasteiger partial charge < -0.3 is 0 Å². The van der Waals surface area contributed by atoms with Crippen LogP contribution in [0, 0.1) is 10.1 Å². The van der Waals surface area contributed by atoms with Crippen LogP contribution in [0.25, 0.3) is 10.9 Å². The van der Waals surface area contributed by atoms with Gasteiger partial charge in [0.2, 0.25) is 0 Å². The average molecular weight is 240 g/mol. The number of aromatic nitrogens is 1. The van der Waals surface area contributed by atoms with Crippen molar-refractivity contribution in [1.82, 2.24) is 3.97 Å². The molecule has 0 saturated carbocycles. The third-order valence-electron chi connectivity index (χ3n) is 2.13. The molecule has 1 aromatic carbocycles. The second-order valence-corrected chi connectivity index (χ2v) is 5.06. The quantitative estimate of drug-likeness (QED) is 0.593. The van der Waals surface area contributed by atoms with Gasteiger partial charge in [0.1, 0.15) is 0 Å². The molecule has 1 aromatic heterocycles. The maximum atomic E-state index is 11.6. The van der Waals surface area contributed by atoms with E-state index in [2.05, 4.69) is 0 Å². The molecule has 16 heavy (non-hydrogen) atoms. The van der Waals surface area contributed by atoms with Crippen LogP contribution in [0.1, 0.15) is 0 Å². The molecule has 84 valence electrons. The van der Waals surface area contributed by atoms with Crippen molar-refractivity contribution in [2.75, 3.05) is 5.88 Å². The zero-order chi connectivity index (χ0) is 11.8. The molecule has 0 N–H and O–H groups in total. The SMILES string of the molecule is O=[N+]([O-])CS(=O)(=O)n1ccc2ccccc21. The van der Waals surface area contributed by atoms with E-state index in [0.717, 1.165) is 9.36 Å². The molecule has 0 unspecified atom stereocenters. The van der Waals surface area contributed by atoms with Crippen molar-refractivity contribution >= 4 is 20.9 Å². The van der Waals surface area contributed by atoms with Crippen LogP contribution in [-0.4, -0.2) is 23.2 Å². The first-order valence-corrected chi connectivity index (χ1v) is 6.03. The Bertz CT molecular complexity index is 644. The smallest absolute Gasteiger partial charge is 0.263 e. The Hall–Kier alpha value is -1.89. The van der Waals surface area contributed by atoms with E-state index >= 15 is 0 Å². The molecule has 0 aliphatic rings. The minimum atomic E-state index is -3.93. The number of nitro groups is 1. The summed E-state index contributed by atoms with van der Waals surface area (Å²) in [5, 5.41) is 11.0. The lowest BCUT2D eigenvalue weighted by Gasteiger charge is -2.02. The molecule has 0 bridgehead atoms. The van der Waals surface area contributed by atoms with Crippen LogP contribution in [-0.2, 0) is 10.0 Å². The van der Waals surface area contributed by atoms with E-state index in [1.54, 1.807) is 30.3 Å². The van der Waals surface area contributed by atoms with Gasteiger partial charge in [0.05, 0.1) is 5.52 Å². The molecular weight excluding hydrogens is 232 g/mol. The van der Waals surface area contributed by atoms with Gasteiger partial charge in [0.25, 0.3) is 0 Å². The second-order valence-electron chi connectivity index (χ2n) is 3.24. The van der Waals surface area contributed by atoms with Crippen molar-refractivity contribution < 1.29 is 13.3 Å². The molecule has 0 spiro atoms. The number of hydrogen-bond acceptors (Lipinski definition) is 4. The summed E-state index contributed by atoms with van der Waals surface area (Å²) >= 11 is 0. The number of fused-ring (bicyclic) bond motifs is 1. The maximum Gasteiger partial charge on any atom is 0.320 e. The van der Waals surface area contributed by atoms with Gasteiger partial charge >= 0.3 is 15.9 Å². The number of para-hydroxylation sites is 1. The van der Waals surface area contributed by atoms with Crippen LogP contribution in [0.5, 0.6) is 0 Å². The summed E-state index contributed by atoms with van der Waals surface area (Å²) in [6.45, 7) is 0. The van der Waals surface area contributed by atoms with Gasteiger partial charge in [-0.05, 0) is 12.1 Å². The van der Waals surface area contributed by atoms with Crippen LogP contribution >= 0.6 is 0 Å². The van der Waals surface area contributed by atoms with E-state index in [0.29, 0.717) is 5.52 Å². The van der Waals surface area contributed by atoms with Gasteiger partial charge in [-0.1, -0.05) is 18.2 Å². The largest absolute Gasteiger partial charge is 0.320 e. The number of nitrogens with zero attached hydrogens (tertiary/aromatic N) is 2. The summed E-state index contributed by atoms with van der Waals surface area (Å²) in [6, 6.07) is 8.40. The molecule has 0 atom stereocenters. The Labute approximate surface area is 91.3 Å². The van der Waals surface area contributed by atoms with Crippen molar-refractivity contribution in [3.05, 3.63) is 46.6 Å². The van der Waals surface area contributed by atoms with Gasteiger partial charge in [-0.25, -0.2) is 3.97 Å². The third kappa shape index (κ3) is 1.76. The molecule has 0 saturated heterocycles. The summed E-state index contributed by atoms with van der Waals surface area (Å²) in [6.07, 6.45) is 1.32. The Kier molecular flexibility index (Phi) is 2.39. The molecule has 6 nitrogen and oxygen atoms in total. The number of rotatable bonds is 3. The van der Waals surface area contributed by atoms with Gasteiger partial charge in [-0.3, -0.25) is 10.1 Å². The lowest BCUT2D eigenvalue weighted by molar-refractivity contribution is -0.458. The van der Waals surface area contributed by atoms with Gasteiger partial charge in [-0.2, -0.15) is 8.42 Å². The van der Waals surface area contributed by atoms with E-state index in [-0.39, 0.29) is 0 Å². The summed E-state index contributed by atoms with van der Waals surface area (Å²) in [5.74, 6) is -1.11. The minimum Gasteiger partial charge on any atom is -0.263 e. The highest BCUT2D eigenvalue weighted by Gasteiger charge is 2.21. The van der Waals surface area contributed by atoms with Crippen molar-refractivity contribution in [2.24, 2.45) is 0 Å². The molecule has 7 heteroatoms. The number of hydrogen-bond donors (Lipinski definition) is 0. The summed E-state index contributed by atoms with van der Waals surface area (Å²) in [4.78, 5) is 9.40. The first-order valence-electron chi connectivity index (χ1n) is 4.42. The molecule has 2 aromatic rings. The highest BCUT2D eigenvalue weighted by Crippen LogP contribution is 2.17. The molecule has 2 rings (SSSR count). The Balaban J connectivity index is 2.60. The molecule has 0 aliphatic heterocycles. The van der Waals surface area contributed by atoms with E-state index in [1.165, 1.54) is 6.20 Å². The summed E-state index contributed by atoms with van der Waals surface area (Å²) in [5.41, 5.74) is 0.448. The monoisotopic (exact) mass is 240 g/mol. The van der Waals surface area contributed by atoms with Crippen molar-refractivity contribution in [3.63, 3.8) is 0 Å². The maximum absolute atomic E-state index is 11.6. The highest BCUT2D eigenvalue weighted by atomic mass is 32.2. The topological polar surface area (TPSA) is 82.2 Å². The fourth-order valence-electron chi connectivity index (χ4n) is 1.50.